The summed E-state index contributed by atoms with van der Waals surface area (Å²) in [5, 5.41) is 0. The van der Waals surface area contributed by atoms with Crippen molar-refractivity contribution in [2.24, 2.45) is 4.99 Å². The van der Waals surface area contributed by atoms with E-state index in [1.54, 1.807) is 12.4 Å². The van der Waals surface area contributed by atoms with E-state index < -0.39 is 15.6 Å². The molecule has 0 fully saturated rings. The number of aromatic nitrogens is 2. The average Bonchev–Trinajstić information content (AvgIpc) is 2.85. The van der Waals surface area contributed by atoms with E-state index in [1.807, 2.05) is 72.9 Å². The van der Waals surface area contributed by atoms with Gasteiger partial charge in [0.2, 0.25) is 0 Å². The molecule has 198 valence electrons. The van der Waals surface area contributed by atoms with Gasteiger partial charge in [-0.15, -0.1) is 0 Å². The number of aryl methyl sites for hydroxylation is 1. The molecule has 0 amide bonds. The number of hydrogen-bond acceptors (Lipinski definition) is 6. The Morgan fingerprint density at radius 2 is 1.22 bits per heavy atom. The Balaban J connectivity index is 0.000000536. The quantitative estimate of drug-likeness (QED) is 0.0869. The third-order valence-electron chi connectivity index (χ3n) is 4.07. The predicted molar refractivity (Wildman–Crippen MR) is 135 cm³/mol. The molecule has 4 rings (SSSR count). The number of rotatable bonds is 3. The van der Waals surface area contributed by atoms with Crippen LogP contribution < -0.4 is 0 Å². The first-order valence-corrected chi connectivity index (χ1v) is 11.5. The van der Waals surface area contributed by atoms with Gasteiger partial charge in [-0.2, -0.15) is 13.2 Å². The molecule has 0 aliphatic rings. The second kappa shape index (κ2) is 16.5. The molecule has 0 N–H and O–H groups in total. The Bertz CT molecular complexity index is 1250. The van der Waals surface area contributed by atoms with E-state index in [-0.39, 0.29) is 27.8 Å². The number of para-hydroxylation sites is 1. The molecule has 0 aliphatic heterocycles. The predicted octanol–water partition coefficient (Wildman–Crippen LogP) is 6.39. The normalized spacial score (nSPS) is 10.5. The Morgan fingerprint density at radius 1 is 0.784 bits per heavy atom. The van der Waals surface area contributed by atoms with Crippen molar-refractivity contribution in [2.75, 3.05) is 0 Å². The van der Waals surface area contributed by atoms with Crippen LogP contribution in [-0.2, 0) is 30.5 Å². The van der Waals surface area contributed by atoms with Gasteiger partial charge in [0.25, 0.3) is 0 Å². The third kappa shape index (κ3) is 13.0. The fourth-order valence-corrected chi connectivity index (χ4v) is 2.34. The second-order valence-electron chi connectivity index (χ2n) is 6.83. The fourth-order valence-electron chi connectivity index (χ4n) is 2.34. The van der Waals surface area contributed by atoms with Crippen molar-refractivity contribution in [3.63, 3.8) is 0 Å². The molecule has 0 spiro atoms. The zero-order valence-electron chi connectivity index (χ0n) is 19.8. The van der Waals surface area contributed by atoms with E-state index in [4.69, 9.17) is 13.0 Å². The number of aliphatic imine (C=N–C) groups is 1. The van der Waals surface area contributed by atoms with Gasteiger partial charge in [-0.1, -0.05) is 60.2 Å². The zero-order valence-corrected chi connectivity index (χ0v) is 22.2. The van der Waals surface area contributed by atoms with E-state index in [2.05, 4.69) is 46.1 Å². The molecular formula is C26H24F3N3O3PdS. The van der Waals surface area contributed by atoms with E-state index in [0.717, 1.165) is 22.6 Å². The number of pyridine rings is 2. The largest absolute Gasteiger partial charge is 2.00 e. The van der Waals surface area contributed by atoms with Gasteiger partial charge in [-0.05, 0) is 48.9 Å². The van der Waals surface area contributed by atoms with Crippen LogP contribution in [0.3, 0.4) is 0 Å². The van der Waals surface area contributed by atoms with Crippen LogP contribution in [0.5, 0.6) is 0 Å². The van der Waals surface area contributed by atoms with Crippen molar-refractivity contribution in [3.8, 4) is 11.4 Å². The molecule has 0 atom stereocenters. The monoisotopic (exact) mass is 621 g/mol. The van der Waals surface area contributed by atoms with Crippen LogP contribution in [0, 0.1) is 14.4 Å². The van der Waals surface area contributed by atoms with Crippen LogP contribution in [0.1, 0.15) is 11.1 Å². The van der Waals surface area contributed by atoms with Crippen molar-refractivity contribution < 1.29 is 46.6 Å². The summed E-state index contributed by atoms with van der Waals surface area (Å²) in [7, 11) is -6.09. The summed E-state index contributed by atoms with van der Waals surface area (Å²) in [6.45, 7) is 2.08. The molecule has 0 bridgehead atoms. The van der Waals surface area contributed by atoms with E-state index >= 15 is 0 Å². The Kier molecular flexibility index (Phi) is 15.1. The van der Waals surface area contributed by atoms with Gasteiger partial charge < -0.3 is 12.0 Å². The maximum atomic E-state index is 10.7. The summed E-state index contributed by atoms with van der Waals surface area (Å²) in [5.74, 6) is 0. The van der Waals surface area contributed by atoms with Crippen LogP contribution >= 0.6 is 0 Å². The molecule has 37 heavy (non-hydrogen) atoms. The molecule has 4 aromatic rings. The minimum atomic E-state index is -6.09. The summed E-state index contributed by atoms with van der Waals surface area (Å²) in [6, 6.07) is 29.9. The molecule has 2 aromatic carbocycles. The maximum absolute atomic E-state index is 10.7. The standard InChI is InChI=1S/C14H13N.C10H8N2.CHF3O3S.CH3.Pd/c1-12-7-9-13(10-8-12)11-15-14-5-3-2-4-6-14;1-3-7-11-9(5-1)10-6-2-4-8-12-10;2-1(3,4)8(5,6)7;;/h2-11H,1H3;1-8H;(H,5,6,7);1H3;/q;;;-1;+2/p-1. The minimum Gasteiger partial charge on any atom is -0.741 e. The molecule has 2 aromatic heterocycles. The van der Waals surface area contributed by atoms with Gasteiger partial charge in [0, 0.05) is 18.6 Å². The molecule has 2 heterocycles. The number of halogens is 3. The molecule has 0 radical (unpaired) electrons. The van der Waals surface area contributed by atoms with Crippen LogP contribution in [0.4, 0.5) is 18.9 Å². The Hall–Kier alpha value is -3.23. The summed E-state index contributed by atoms with van der Waals surface area (Å²) >= 11 is 0. The first-order valence-electron chi connectivity index (χ1n) is 10.1. The minimum absolute atomic E-state index is 0. The summed E-state index contributed by atoms with van der Waals surface area (Å²) in [5.41, 5.74) is -0.432. The van der Waals surface area contributed by atoms with E-state index in [1.165, 1.54) is 5.56 Å². The number of nitrogens with zero attached hydrogens (tertiary/aromatic N) is 3. The maximum Gasteiger partial charge on any atom is 2.00 e. The average molecular weight is 622 g/mol. The Labute approximate surface area is 228 Å². The summed E-state index contributed by atoms with van der Waals surface area (Å²) < 4.78 is 58.9. The van der Waals surface area contributed by atoms with E-state index in [0.29, 0.717) is 0 Å². The summed E-state index contributed by atoms with van der Waals surface area (Å²) in [4.78, 5) is 12.8. The van der Waals surface area contributed by atoms with Crippen molar-refractivity contribution in [3.05, 3.63) is 122 Å². The van der Waals surface area contributed by atoms with Gasteiger partial charge in [0.05, 0.1) is 17.1 Å². The van der Waals surface area contributed by atoms with Crippen LogP contribution in [0.2, 0.25) is 0 Å². The van der Waals surface area contributed by atoms with Crippen molar-refractivity contribution in [2.45, 2.75) is 12.4 Å². The van der Waals surface area contributed by atoms with Gasteiger partial charge in [-0.25, -0.2) is 8.42 Å². The molecular weight excluding hydrogens is 598 g/mol. The first-order chi connectivity index (χ1) is 16.6. The van der Waals surface area contributed by atoms with Crippen molar-refractivity contribution in [1.29, 1.82) is 0 Å². The number of benzene rings is 2. The zero-order chi connectivity index (χ0) is 25.7. The SMILES string of the molecule is Cc1ccc(C=Nc2ccccc2)cc1.O=S(=O)([O-])C(F)(F)F.[CH3-].[Pd+2].c1ccc(-c2ccccn2)nc1. The van der Waals surface area contributed by atoms with E-state index in [9.17, 15) is 13.2 Å². The molecule has 11 heteroatoms. The number of alkyl halides is 3. The molecule has 0 saturated carbocycles. The van der Waals surface area contributed by atoms with Gasteiger partial charge in [0.1, 0.15) is 0 Å². The van der Waals surface area contributed by atoms with Crippen molar-refractivity contribution in [1.82, 2.24) is 9.97 Å². The van der Waals surface area contributed by atoms with Gasteiger partial charge >= 0.3 is 25.9 Å². The smallest absolute Gasteiger partial charge is 0.741 e. The topological polar surface area (TPSA) is 95.3 Å². The molecule has 6 nitrogen and oxygen atoms in total. The van der Waals surface area contributed by atoms with Crippen LogP contribution in [-0.4, -0.2) is 34.7 Å². The van der Waals surface area contributed by atoms with Crippen LogP contribution in [0.25, 0.3) is 11.4 Å². The van der Waals surface area contributed by atoms with Crippen molar-refractivity contribution >= 4 is 22.0 Å². The first kappa shape index (κ1) is 33.8. The molecule has 0 unspecified atom stereocenters. The van der Waals surface area contributed by atoms with Gasteiger partial charge in [0.15, 0.2) is 10.1 Å². The van der Waals surface area contributed by atoms with Gasteiger partial charge in [-0.3, -0.25) is 15.0 Å². The number of hydrogen-bond donors (Lipinski definition) is 0. The van der Waals surface area contributed by atoms with Crippen LogP contribution in [0.15, 0.2) is 108 Å². The second-order valence-corrected chi connectivity index (χ2v) is 8.21. The fraction of sp³-hybridized carbons (Fsp3) is 0.0769. The third-order valence-corrected chi connectivity index (χ3v) is 4.64. The molecule has 0 aliphatic carbocycles. The summed E-state index contributed by atoms with van der Waals surface area (Å²) in [6.07, 6.45) is 5.42. The molecule has 0 saturated heterocycles. The Morgan fingerprint density at radius 3 is 1.59 bits per heavy atom.